The zero-order valence-electron chi connectivity index (χ0n) is 16.2. The molecule has 2 atom stereocenters. The lowest BCUT2D eigenvalue weighted by Gasteiger charge is -2.35. The van der Waals surface area contributed by atoms with E-state index in [9.17, 15) is 4.79 Å². The summed E-state index contributed by atoms with van der Waals surface area (Å²) in [7, 11) is 0. The SMILES string of the molecule is Cc1ccc(C2C(Br)=NN(c3ccccc3)C23C(=O)ON=C3c2ccccc2)cc1. The van der Waals surface area contributed by atoms with Gasteiger partial charge in [0.15, 0.2) is 0 Å². The third-order valence-electron chi connectivity index (χ3n) is 5.54. The summed E-state index contributed by atoms with van der Waals surface area (Å²) in [6, 6.07) is 27.4. The van der Waals surface area contributed by atoms with Crippen molar-refractivity contribution in [2.24, 2.45) is 10.3 Å². The summed E-state index contributed by atoms with van der Waals surface area (Å²) in [4.78, 5) is 18.8. The highest BCUT2D eigenvalue weighted by atomic mass is 79.9. The van der Waals surface area contributed by atoms with Crippen LogP contribution >= 0.6 is 15.9 Å². The maximum Gasteiger partial charge on any atom is 0.369 e. The number of nitrogens with zero attached hydrogens (tertiary/aromatic N) is 3. The molecule has 0 N–H and O–H groups in total. The number of aryl methyl sites for hydroxylation is 1. The summed E-state index contributed by atoms with van der Waals surface area (Å²) < 4.78 is 0.651. The van der Waals surface area contributed by atoms with E-state index in [1.807, 2.05) is 91.9 Å². The van der Waals surface area contributed by atoms with Gasteiger partial charge in [0.05, 0.1) is 11.6 Å². The van der Waals surface area contributed by atoms with E-state index in [0.717, 1.165) is 22.4 Å². The topological polar surface area (TPSA) is 54.3 Å². The molecule has 2 aliphatic rings. The van der Waals surface area contributed by atoms with E-state index in [2.05, 4.69) is 21.1 Å². The summed E-state index contributed by atoms with van der Waals surface area (Å²) in [6.07, 6.45) is 0. The molecule has 0 aliphatic carbocycles. The van der Waals surface area contributed by atoms with Gasteiger partial charge in [-0.05, 0) is 40.5 Å². The molecule has 148 valence electrons. The van der Waals surface area contributed by atoms with Crippen molar-refractivity contribution in [3.05, 3.63) is 102 Å². The van der Waals surface area contributed by atoms with Gasteiger partial charge in [0.25, 0.3) is 0 Å². The largest absolute Gasteiger partial charge is 0.369 e. The molecule has 6 heteroatoms. The second kappa shape index (κ2) is 7.22. The summed E-state index contributed by atoms with van der Waals surface area (Å²) >= 11 is 3.66. The van der Waals surface area contributed by atoms with E-state index in [4.69, 9.17) is 9.94 Å². The molecule has 2 heterocycles. The van der Waals surface area contributed by atoms with Crippen molar-refractivity contribution in [1.82, 2.24) is 0 Å². The summed E-state index contributed by atoms with van der Waals surface area (Å²) in [6.45, 7) is 2.04. The molecule has 0 bridgehead atoms. The Morgan fingerprint density at radius 2 is 1.57 bits per heavy atom. The van der Waals surface area contributed by atoms with Gasteiger partial charge in [-0.15, -0.1) is 0 Å². The van der Waals surface area contributed by atoms with Gasteiger partial charge in [-0.3, -0.25) is 0 Å². The highest BCUT2D eigenvalue weighted by Crippen LogP contribution is 2.49. The Balaban J connectivity index is 1.77. The number of hydrogen-bond acceptors (Lipinski definition) is 5. The van der Waals surface area contributed by atoms with Crippen LogP contribution in [0.15, 0.2) is 95.2 Å². The molecule has 0 fully saturated rings. The van der Waals surface area contributed by atoms with Crippen LogP contribution in [0.5, 0.6) is 0 Å². The van der Waals surface area contributed by atoms with Crippen LogP contribution in [-0.4, -0.2) is 21.8 Å². The fourth-order valence-electron chi connectivity index (χ4n) is 4.13. The Hall–Kier alpha value is -3.25. The van der Waals surface area contributed by atoms with E-state index in [1.165, 1.54) is 0 Å². The van der Waals surface area contributed by atoms with Gasteiger partial charge in [-0.25, -0.2) is 9.80 Å². The minimum Gasteiger partial charge on any atom is -0.315 e. The van der Waals surface area contributed by atoms with Gasteiger partial charge in [-0.2, -0.15) is 5.10 Å². The van der Waals surface area contributed by atoms with Crippen LogP contribution in [0.3, 0.4) is 0 Å². The lowest BCUT2D eigenvalue weighted by molar-refractivity contribution is -0.144. The molecule has 5 nitrogen and oxygen atoms in total. The first kappa shape index (κ1) is 18.8. The number of anilines is 1. The molecule has 30 heavy (non-hydrogen) atoms. The number of carbonyl (C=O) groups is 1. The lowest BCUT2D eigenvalue weighted by Crippen LogP contribution is -2.58. The molecule has 0 amide bonds. The Morgan fingerprint density at radius 1 is 0.933 bits per heavy atom. The smallest absolute Gasteiger partial charge is 0.315 e. The van der Waals surface area contributed by atoms with Crippen molar-refractivity contribution < 1.29 is 9.63 Å². The monoisotopic (exact) mass is 459 g/mol. The van der Waals surface area contributed by atoms with Crippen LogP contribution in [0.4, 0.5) is 5.69 Å². The van der Waals surface area contributed by atoms with E-state index >= 15 is 0 Å². The van der Waals surface area contributed by atoms with Crippen molar-refractivity contribution in [3.8, 4) is 0 Å². The van der Waals surface area contributed by atoms with Crippen molar-refractivity contribution in [2.45, 2.75) is 18.4 Å². The first-order chi connectivity index (χ1) is 14.6. The molecule has 2 aliphatic heterocycles. The van der Waals surface area contributed by atoms with Gasteiger partial charge >= 0.3 is 5.97 Å². The molecule has 0 saturated carbocycles. The molecule has 5 rings (SSSR count). The van der Waals surface area contributed by atoms with Crippen LogP contribution in [-0.2, 0) is 9.63 Å². The molecule has 0 saturated heterocycles. The number of hydrogen-bond donors (Lipinski definition) is 0. The van der Waals surface area contributed by atoms with E-state index in [0.29, 0.717) is 10.3 Å². The maximum absolute atomic E-state index is 13.5. The van der Waals surface area contributed by atoms with Crippen molar-refractivity contribution >= 4 is 37.9 Å². The average molecular weight is 460 g/mol. The number of halogens is 1. The minimum atomic E-state index is -1.25. The zero-order valence-corrected chi connectivity index (χ0v) is 17.8. The fraction of sp³-hybridized carbons (Fsp3) is 0.125. The first-order valence-corrected chi connectivity index (χ1v) is 10.4. The fourth-order valence-corrected chi connectivity index (χ4v) is 4.88. The lowest BCUT2D eigenvalue weighted by atomic mass is 9.74. The zero-order chi connectivity index (χ0) is 20.7. The normalized spacial score (nSPS) is 22.8. The van der Waals surface area contributed by atoms with Crippen molar-refractivity contribution in [1.29, 1.82) is 0 Å². The average Bonchev–Trinajstić information content (AvgIpc) is 3.28. The first-order valence-electron chi connectivity index (χ1n) is 9.63. The Kier molecular flexibility index (Phi) is 4.51. The van der Waals surface area contributed by atoms with E-state index < -0.39 is 17.4 Å². The number of carbonyl (C=O) groups excluding carboxylic acids is 1. The predicted octanol–water partition coefficient (Wildman–Crippen LogP) is 5.01. The third-order valence-corrected chi connectivity index (χ3v) is 6.15. The Labute approximate surface area is 182 Å². The summed E-state index contributed by atoms with van der Waals surface area (Å²) in [5, 5.41) is 10.8. The Morgan fingerprint density at radius 3 is 2.23 bits per heavy atom. The molecular formula is C24H18BrN3O2. The third kappa shape index (κ3) is 2.71. The van der Waals surface area contributed by atoms with Crippen molar-refractivity contribution in [3.63, 3.8) is 0 Å². The molecule has 0 radical (unpaired) electrons. The van der Waals surface area contributed by atoms with Crippen LogP contribution < -0.4 is 5.01 Å². The van der Waals surface area contributed by atoms with E-state index in [1.54, 1.807) is 5.01 Å². The second-order valence-electron chi connectivity index (χ2n) is 7.36. The highest BCUT2D eigenvalue weighted by Gasteiger charge is 2.65. The van der Waals surface area contributed by atoms with Gasteiger partial charge in [0.1, 0.15) is 10.3 Å². The summed E-state index contributed by atoms with van der Waals surface area (Å²) in [5.41, 5.74) is 2.99. The minimum absolute atomic E-state index is 0.410. The van der Waals surface area contributed by atoms with Crippen LogP contribution in [0.25, 0.3) is 0 Å². The number of hydrazone groups is 1. The van der Waals surface area contributed by atoms with Gasteiger partial charge < -0.3 is 4.84 Å². The number of benzene rings is 3. The Bertz CT molecular complexity index is 1160. The van der Waals surface area contributed by atoms with Crippen LogP contribution in [0.1, 0.15) is 22.6 Å². The molecule has 0 aromatic heterocycles. The molecule has 3 aromatic carbocycles. The standard InChI is InChI=1S/C24H18BrN3O2/c1-16-12-14-17(15-13-16)20-22(25)26-28(19-10-6-3-7-11-19)24(20)21(27-30-23(24)29)18-8-4-2-5-9-18/h2-15,20H,1H3. The number of rotatable bonds is 3. The van der Waals surface area contributed by atoms with E-state index in [-0.39, 0.29) is 0 Å². The van der Waals surface area contributed by atoms with Gasteiger partial charge in [-0.1, -0.05) is 83.5 Å². The van der Waals surface area contributed by atoms with Gasteiger partial charge in [0, 0.05) is 5.56 Å². The maximum atomic E-state index is 13.5. The second-order valence-corrected chi connectivity index (χ2v) is 8.18. The molecule has 1 spiro atoms. The molecule has 3 aromatic rings. The molecular weight excluding hydrogens is 442 g/mol. The summed E-state index contributed by atoms with van der Waals surface area (Å²) in [5.74, 6) is -0.860. The highest BCUT2D eigenvalue weighted by molar-refractivity contribution is 9.18. The van der Waals surface area contributed by atoms with Gasteiger partial charge in [0.2, 0.25) is 5.54 Å². The molecule has 2 unspecified atom stereocenters. The number of para-hydroxylation sites is 1. The van der Waals surface area contributed by atoms with Crippen LogP contribution in [0.2, 0.25) is 0 Å². The van der Waals surface area contributed by atoms with Crippen molar-refractivity contribution in [2.75, 3.05) is 5.01 Å². The quantitative estimate of drug-likeness (QED) is 0.517. The predicted molar refractivity (Wildman–Crippen MR) is 121 cm³/mol. The van der Waals surface area contributed by atoms with Crippen LogP contribution in [0, 0.1) is 6.92 Å². The number of oxime groups is 1.